The summed E-state index contributed by atoms with van der Waals surface area (Å²) in [6.45, 7) is 12.6. The molecule has 0 aromatic rings. The first-order valence-corrected chi connectivity index (χ1v) is 9.94. The summed E-state index contributed by atoms with van der Waals surface area (Å²) in [5.74, 6) is 0.599. The van der Waals surface area contributed by atoms with Crippen LogP contribution in [0, 0.1) is 5.92 Å². The lowest BCUT2D eigenvalue weighted by atomic mass is 10.2. The quantitative estimate of drug-likeness (QED) is 0.746. The summed E-state index contributed by atoms with van der Waals surface area (Å²) in [7, 11) is -3.48. The molecule has 23 heavy (non-hydrogen) atoms. The van der Waals surface area contributed by atoms with E-state index in [-0.39, 0.29) is 18.3 Å². The van der Waals surface area contributed by atoms with Crippen molar-refractivity contribution >= 4 is 10.2 Å². The van der Waals surface area contributed by atoms with Crippen molar-refractivity contribution < 1.29 is 17.9 Å². The first-order chi connectivity index (χ1) is 10.8. The van der Waals surface area contributed by atoms with Crippen LogP contribution in [0.25, 0.3) is 0 Å². The molecule has 0 spiro atoms. The second kappa shape index (κ2) is 8.22. The van der Waals surface area contributed by atoms with Crippen molar-refractivity contribution in [3.05, 3.63) is 0 Å². The Kier molecular flexibility index (Phi) is 6.82. The average Bonchev–Trinajstić information content (AvgIpc) is 2.44. The largest absolute Gasteiger partial charge is 0.374 e. The summed E-state index contributed by atoms with van der Waals surface area (Å²) in [4.78, 5) is 2.34. The SMILES string of the molecule is CC(C)CN1CCO[C@H](CNS(=O)(=O)N2C[C@@H](C)O[C@@H](C)C2)C1. The van der Waals surface area contributed by atoms with E-state index in [0.717, 1.165) is 19.6 Å². The first kappa shape index (κ1) is 19.1. The van der Waals surface area contributed by atoms with Gasteiger partial charge in [0.15, 0.2) is 0 Å². The molecule has 2 fully saturated rings. The second-order valence-electron chi connectivity index (χ2n) is 7.07. The van der Waals surface area contributed by atoms with Crippen LogP contribution in [0.15, 0.2) is 0 Å². The highest BCUT2D eigenvalue weighted by Gasteiger charge is 2.32. The lowest BCUT2D eigenvalue weighted by Gasteiger charge is -2.36. The van der Waals surface area contributed by atoms with E-state index < -0.39 is 10.2 Å². The summed E-state index contributed by atoms with van der Waals surface area (Å²) in [6, 6.07) is 0. The molecule has 2 rings (SSSR count). The zero-order valence-electron chi connectivity index (χ0n) is 14.7. The van der Waals surface area contributed by atoms with Crippen LogP contribution in [0.3, 0.4) is 0 Å². The number of hydrogen-bond acceptors (Lipinski definition) is 5. The van der Waals surface area contributed by atoms with Crippen molar-refractivity contribution in [2.45, 2.75) is 46.0 Å². The van der Waals surface area contributed by atoms with E-state index in [4.69, 9.17) is 9.47 Å². The fraction of sp³-hybridized carbons (Fsp3) is 1.00. The van der Waals surface area contributed by atoms with Crippen LogP contribution in [-0.4, -0.2) is 81.8 Å². The molecule has 0 radical (unpaired) electrons. The first-order valence-electron chi connectivity index (χ1n) is 8.50. The van der Waals surface area contributed by atoms with Crippen LogP contribution in [0.5, 0.6) is 0 Å². The zero-order valence-corrected chi connectivity index (χ0v) is 15.5. The Morgan fingerprint density at radius 1 is 1.17 bits per heavy atom. The number of ether oxygens (including phenoxy) is 2. The van der Waals surface area contributed by atoms with Gasteiger partial charge >= 0.3 is 0 Å². The minimum atomic E-state index is -3.48. The van der Waals surface area contributed by atoms with Crippen molar-refractivity contribution in [2.24, 2.45) is 5.92 Å². The normalized spacial score (nSPS) is 31.6. The standard InChI is InChI=1S/C15H31N3O4S/c1-12(2)8-17-5-6-21-15(11-17)7-16-23(19,20)18-9-13(3)22-14(4)10-18/h12-16H,5-11H2,1-4H3/t13-,14+,15-/m1/s1. The maximum atomic E-state index is 12.5. The Hall–Kier alpha value is -0.250. The van der Waals surface area contributed by atoms with Gasteiger partial charge in [-0.3, -0.25) is 4.90 Å². The zero-order chi connectivity index (χ0) is 17.0. The topological polar surface area (TPSA) is 71.1 Å². The van der Waals surface area contributed by atoms with Gasteiger partial charge in [0.1, 0.15) is 0 Å². The third kappa shape index (κ3) is 5.95. The molecule has 3 atom stereocenters. The molecule has 0 unspecified atom stereocenters. The molecular formula is C15H31N3O4S. The Bertz CT molecular complexity index is 461. The van der Waals surface area contributed by atoms with E-state index in [1.807, 2.05) is 13.8 Å². The smallest absolute Gasteiger partial charge is 0.279 e. The predicted molar refractivity (Wildman–Crippen MR) is 89.5 cm³/mol. The van der Waals surface area contributed by atoms with E-state index in [0.29, 0.717) is 32.2 Å². The van der Waals surface area contributed by atoms with Gasteiger partial charge in [0.05, 0.1) is 24.9 Å². The second-order valence-corrected chi connectivity index (χ2v) is 8.83. The van der Waals surface area contributed by atoms with Crippen molar-refractivity contribution in [1.29, 1.82) is 0 Å². The predicted octanol–water partition coefficient (Wildman–Crippen LogP) is 0.287. The minimum Gasteiger partial charge on any atom is -0.374 e. The molecule has 1 N–H and O–H groups in total. The minimum absolute atomic E-state index is 0.0808. The average molecular weight is 349 g/mol. The van der Waals surface area contributed by atoms with Gasteiger partial charge in [-0.05, 0) is 19.8 Å². The van der Waals surface area contributed by atoms with Gasteiger partial charge in [0, 0.05) is 39.3 Å². The van der Waals surface area contributed by atoms with Crippen LogP contribution in [0.4, 0.5) is 0 Å². The van der Waals surface area contributed by atoms with Gasteiger partial charge in [0.25, 0.3) is 10.2 Å². The van der Waals surface area contributed by atoms with Crippen molar-refractivity contribution in [3.63, 3.8) is 0 Å². The molecule has 2 saturated heterocycles. The molecule has 7 nitrogen and oxygen atoms in total. The fourth-order valence-electron chi connectivity index (χ4n) is 3.20. The van der Waals surface area contributed by atoms with Crippen LogP contribution >= 0.6 is 0 Å². The third-order valence-electron chi connectivity index (χ3n) is 4.07. The number of hydrogen-bond donors (Lipinski definition) is 1. The fourth-order valence-corrected chi connectivity index (χ4v) is 4.59. The number of nitrogens with one attached hydrogen (secondary N) is 1. The van der Waals surface area contributed by atoms with Gasteiger partial charge in [-0.1, -0.05) is 13.8 Å². The van der Waals surface area contributed by atoms with E-state index in [1.165, 1.54) is 4.31 Å². The summed E-state index contributed by atoms with van der Waals surface area (Å²) in [5, 5.41) is 0. The monoisotopic (exact) mass is 349 g/mol. The van der Waals surface area contributed by atoms with Gasteiger partial charge in [-0.2, -0.15) is 17.4 Å². The lowest BCUT2D eigenvalue weighted by molar-refractivity contribution is -0.0451. The van der Waals surface area contributed by atoms with Gasteiger partial charge in [0.2, 0.25) is 0 Å². The molecule has 0 amide bonds. The van der Waals surface area contributed by atoms with Crippen molar-refractivity contribution in [3.8, 4) is 0 Å². The van der Waals surface area contributed by atoms with Crippen molar-refractivity contribution in [1.82, 2.24) is 13.9 Å². The maximum Gasteiger partial charge on any atom is 0.279 e. The van der Waals surface area contributed by atoms with Crippen LogP contribution in [0.2, 0.25) is 0 Å². The molecule has 0 aromatic heterocycles. The van der Waals surface area contributed by atoms with E-state index in [2.05, 4.69) is 23.5 Å². The molecular weight excluding hydrogens is 318 g/mol. The molecule has 0 aliphatic carbocycles. The highest BCUT2D eigenvalue weighted by Crippen LogP contribution is 2.14. The van der Waals surface area contributed by atoms with E-state index in [9.17, 15) is 8.42 Å². The Labute approximate surface area is 140 Å². The summed E-state index contributed by atoms with van der Waals surface area (Å²) >= 11 is 0. The van der Waals surface area contributed by atoms with Crippen molar-refractivity contribution in [2.75, 3.05) is 45.9 Å². The Morgan fingerprint density at radius 3 is 2.43 bits per heavy atom. The number of morpholine rings is 2. The summed E-state index contributed by atoms with van der Waals surface area (Å²) in [6.07, 6.45) is -0.251. The summed E-state index contributed by atoms with van der Waals surface area (Å²) in [5.41, 5.74) is 0. The molecule has 2 aliphatic rings. The van der Waals surface area contributed by atoms with Crippen LogP contribution in [-0.2, 0) is 19.7 Å². The molecule has 0 bridgehead atoms. The van der Waals surface area contributed by atoms with E-state index in [1.54, 1.807) is 0 Å². The lowest BCUT2D eigenvalue weighted by Crippen LogP contribution is -2.54. The van der Waals surface area contributed by atoms with Crippen LogP contribution < -0.4 is 4.72 Å². The Balaban J connectivity index is 1.84. The van der Waals surface area contributed by atoms with Crippen LogP contribution in [0.1, 0.15) is 27.7 Å². The van der Waals surface area contributed by atoms with Gasteiger partial charge in [-0.15, -0.1) is 0 Å². The molecule has 0 aromatic carbocycles. The number of nitrogens with zero attached hydrogens (tertiary/aromatic N) is 2. The highest BCUT2D eigenvalue weighted by atomic mass is 32.2. The van der Waals surface area contributed by atoms with Gasteiger partial charge in [-0.25, -0.2) is 0 Å². The maximum absolute atomic E-state index is 12.5. The highest BCUT2D eigenvalue weighted by molar-refractivity contribution is 7.87. The third-order valence-corrected chi connectivity index (χ3v) is 5.58. The van der Waals surface area contributed by atoms with Gasteiger partial charge < -0.3 is 9.47 Å². The molecule has 2 aliphatic heterocycles. The summed E-state index contributed by atoms with van der Waals surface area (Å²) < 4.78 is 40.4. The molecule has 0 saturated carbocycles. The number of rotatable bonds is 6. The van der Waals surface area contributed by atoms with E-state index >= 15 is 0 Å². The molecule has 136 valence electrons. The Morgan fingerprint density at radius 2 is 1.83 bits per heavy atom. The molecule has 8 heteroatoms. The molecule has 2 heterocycles.